The lowest BCUT2D eigenvalue weighted by Crippen LogP contribution is -2.49. The molecule has 0 bridgehead atoms. The Morgan fingerprint density at radius 2 is 1.32 bits per heavy atom. The van der Waals surface area contributed by atoms with Crippen LogP contribution in [-0.2, 0) is 10.0 Å². The highest BCUT2D eigenvalue weighted by Gasteiger charge is 2.29. The lowest BCUT2D eigenvalue weighted by Gasteiger charge is -2.35. The van der Waals surface area contributed by atoms with Gasteiger partial charge in [-0.15, -0.1) is 10.2 Å². The van der Waals surface area contributed by atoms with E-state index in [-0.39, 0.29) is 0 Å². The van der Waals surface area contributed by atoms with Crippen molar-refractivity contribution in [2.45, 2.75) is 11.8 Å². The Balaban J connectivity index is 1.35. The summed E-state index contributed by atoms with van der Waals surface area (Å²) in [6.45, 7) is 8.38. The zero-order valence-corrected chi connectivity index (χ0v) is 19.0. The van der Waals surface area contributed by atoms with Crippen molar-refractivity contribution in [3.63, 3.8) is 0 Å². The summed E-state index contributed by atoms with van der Waals surface area (Å²) in [5.74, 6) is 2.36. The Kier molecular flexibility index (Phi) is 6.59. The van der Waals surface area contributed by atoms with E-state index in [0.29, 0.717) is 43.4 Å². The SMILES string of the molecule is CCOc1ccc(S(=O)(=O)N2CCN(c3ccc(N4CCN(C)CC4)nn3)CC2)cc1. The summed E-state index contributed by atoms with van der Waals surface area (Å²) in [4.78, 5) is 6.93. The minimum absolute atomic E-state index is 0.292. The van der Waals surface area contributed by atoms with Crippen LogP contribution in [0.4, 0.5) is 11.6 Å². The summed E-state index contributed by atoms with van der Waals surface area (Å²) in [6.07, 6.45) is 0. The molecule has 2 fully saturated rings. The van der Waals surface area contributed by atoms with Gasteiger partial charge in [-0.05, 0) is 50.4 Å². The smallest absolute Gasteiger partial charge is 0.243 e. The maximum absolute atomic E-state index is 13.0. The minimum Gasteiger partial charge on any atom is -0.494 e. The quantitative estimate of drug-likeness (QED) is 0.653. The zero-order chi connectivity index (χ0) is 21.8. The Bertz CT molecular complexity index is 952. The van der Waals surface area contributed by atoms with Gasteiger partial charge in [-0.25, -0.2) is 8.42 Å². The van der Waals surface area contributed by atoms with Gasteiger partial charge in [-0.2, -0.15) is 4.31 Å². The van der Waals surface area contributed by atoms with Crippen LogP contribution in [0.1, 0.15) is 6.92 Å². The van der Waals surface area contributed by atoms with E-state index < -0.39 is 10.0 Å². The van der Waals surface area contributed by atoms with Crippen LogP contribution in [0.5, 0.6) is 5.75 Å². The Morgan fingerprint density at radius 3 is 1.81 bits per heavy atom. The first-order chi connectivity index (χ1) is 15.0. The van der Waals surface area contributed by atoms with E-state index in [9.17, 15) is 8.42 Å². The largest absolute Gasteiger partial charge is 0.494 e. The van der Waals surface area contributed by atoms with E-state index in [1.54, 1.807) is 24.3 Å². The Hall–Kier alpha value is -2.43. The summed E-state index contributed by atoms with van der Waals surface area (Å²) in [5, 5.41) is 8.82. The molecule has 2 aliphatic heterocycles. The molecule has 1 aromatic heterocycles. The molecule has 0 N–H and O–H groups in total. The number of benzene rings is 1. The molecule has 168 valence electrons. The molecule has 0 atom stereocenters. The van der Waals surface area contributed by atoms with Crippen LogP contribution in [0.2, 0.25) is 0 Å². The normalized spacial score (nSPS) is 18.9. The molecule has 4 rings (SSSR count). The topological polar surface area (TPSA) is 82.1 Å². The summed E-state index contributed by atoms with van der Waals surface area (Å²) in [6, 6.07) is 10.6. The Morgan fingerprint density at radius 1 is 0.806 bits per heavy atom. The number of rotatable bonds is 6. The van der Waals surface area contributed by atoms with Crippen molar-refractivity contribution in [2.75, 3.05) is 75.8 Å². The number of ether oxygens (including phenoxy) is 1. The summed E-state index contributed by atoms with van der Waals surface area (Å²) >= 11 is 0. The monoisotopic (exact) mass is 446 g/mol. The van der Waals surface area contributed by atoms with E-state index in [1.165, 1.54) is 4.31 Å². The number of hydrogen-bond donors (Lipinski definition) is 0. The summed E-state index contributed by atoms with van der Waals surface area (Å²) < 4.78 is 32.9. The van der Waals surface area contributed by atoms with Crippen molar-refractivity contribution in [1.29, 1.82) is 0 Å². The number of likely N-dealkylation sites (N-methyl/N-ethyl adjacent to an activating group) is 1. The van der Waals surface area contributed by atoms with E-state index >= 15 is 0 Å². The molecule has 1 aromatic carbocycles. The predicted molar refractivity (Wildman–Crippen MR) is 120 cm³/mol. The van der Waals surface area contributed by atoms with Crippen molar-refractivity contribution < 1.29 is 13.2 Å². The molecule has 3 heterocycles. The van der Waals surface area contributed by atoms with E-state index in [1.807, 2.05) is 19.1 Å². The molecule has 0 radical (unpaired) electrons. The number of nitrogens with zero attached hydrogens (tertiary/aromatic N) is 6. The first kappa shape index (κ1) is 21.8. The molecular formula is C21H30N6O3S. The fourth-order valence-corrected chi connectivity index (χ4v) is 5.29. The minimum atomic E-state index is -3.52. The van der Waals surface area contributed by atoms with Crippen LogP contribution < -0.4 is 14.5 Å². The molecule has 2 aromatic rings. The van der Waals surface area contributed by atoms with Crippen molar-refractivity contribution in [3.8, 4) is 5.75 Å². The molecule has 2 saturated heterocycles. The van der Waals surface area contributed by atoms with Gasteiger partial charge in [0, 0.05) is 52.4 Å². The lowest BCUT2D eigenvalue weighted by atomic mass is 10.3. The van der Waals surface area contributed by atoms with Gasteiger partial charge >= 0.3 is 0 Å². The molecular weight excluding hydrogens is 416 g/mol. The summed E-state index contributed by atoms with van der Waals surface area (Å²) in [5.41, 5.74) is 0. The highest BCUT2D eigenvalue weighted by Crippen LogP contribution is 2.23. The molecule has 10 heteroatoms. The van der Waals surface area contributed by atoms with E-state index in [4.69, 9.17) is 4.74 Å². The maximum Gasteiger partial charge on any atom is 0.243 e. The highest BCUT2D eigenvalue weighted by molar-refractivity contribution is 7.89. The van der Waals surface area contributed by atoms with Gasteiger partial charge < -0.3 is 19.4 Å². The second kappa shape index (κ2) is 9.37. The number of anilines is 2. The Labute approximate surface area is 184 Å². The van der Waals surface area contributed by atoms with Crippen LogP contribution in [0.25, 0.3) is 0 Å². The van der Waals surface area contributed by atoms with Crippen molar-refractivity contribution >= 4 is 21.7 Å². The first-order valence-electron chi connectivity index (χ1n) is 10.7. The lowest BCUT2D eigenvalue weighted by molar-refractivity contribution is 0.312. The predicted octanol–water partition coefficient (Wildman–Crippen LogP) is 1.14. The fraction of sp³-hybridized carbons (Fsp3) is 0.524. The van der Waals surface area contributed by atoms with Gasteiger partial charge in [0.15, 0.2) is 11.6 Å². The molecule has 2 aliphatic rings. The molecule has 0 amide bonds. The summed E-state index contributed by atoms with van der Waals surface area (Å²) in [7, 11) is -1.39. The molecule has 31 heavy (non-hydrogen) atoms. The van der Waals surface area contributed by atoms with Crippen LogP contribution in [0, 0.1) is 0 Å². The van der Waals surface area contributed by atoms with Gasteiger partial charge in [-0.3, -0.25) is 0 Å². The van der Waals surface area contributed by atoms with Gasteiger partial charge in [0.1, 0.15) is 5.75 Å². The third kappa shape index (κ3) is 4.91. The second-order valence-electron chi connectivity index (χ2n) is 7.84. The number of sulfonamides is 1. The van der Waals surface area contributed by atoms with E-state index in [2.05, 4.69) is 31.9 Å². The standard InChI is InChI=1S/C21H30N6O3S/c1-3-30-18-4-6-19(7-5-18)31(28,29)27-16-14-26(15-17-27)21-9-8-20(22-23-21)25-12-10-24(2)11-13-25/h4-9H,3,10-17H2,1-2H3. The fourth-order valence-electron chi connectivity index (χ4n) is 3.87. The maximum atomic E-state index is 13.0. The average Bonchev–Trinajstić information content (AvgIpc) is 2.80. The van der Waals surface area contributed by atoms with Crippen LogP contribution in [-0.4, -0.2) is 93.8 Å². The average molecular weight is 447 g/mol. The van der Waals surface area contributed by atoms with Gasteiger partial charge in [0.25, 0.3) is 0 Å². The number of hydrogen-bond acceptors (Lipinski definition) is 8. The van der Waals surface area contributed by atoms with Crippen LogP contribution in [0.15, 0.2) is 41.3 Å². The molecule has 0 unspecified atom stereocenters. The van der Waals surface area contributed by atoms with Crippen molar-refractivity contribution in [1.82, 2.24) is 19.4 Å². The third-order valence-electron chi connectivity index (χ3n) is 5.80. The molecule has 0 aliphatic carbocycles. The number of piperazine rings is 2. The second-order valence-corrected chi connectivity index (χ2v) is 9.77. The van der Waals surface area contributed by atoms with Crippen molar-refractivity contribution in [3.05, 3.63) is 36.4 Å². The molecule has 9 nitrogen and oxygen atoms in total. The molecule has 0 saturated carbocycles. The zero-order valence-electron chi connectivity index (χ0n) is 18.1. The van der Waals surface area contributed by atoms with Gasteiger partial charge in [-0.1, -0.05) is 0 Å². The first-order valence-corrected chi connectivity index (χ1v) is 12.2. The van der Waals surface area contributed by atoms with E-state index in [0.717, 1.165) is 37.8 Å². The van der Waals surface area contributed by atoms with Crippen LogP contribution in [0.3, 0.4) is 0 Å². The highest BCUT2D eigenvalue weighted by atomic mass is 32.2. The molecule has 0 spiro atoms. The van der Waals surface area contributed by atoms with Crippen LogP contribution >= 0.6 is 0 Å². The van der Waals surface area contributed by atoms with Gasteiger partial charge in [0.2, 0.25) is 10.0 Å². The van der Waals surface area contributed by atoms with Gasteiger partial charge in [0.05, 0.1) is 11.5 Å². The number of aromatic nitrogens is 2. The van der Waals surface area contributed by atoms with Crippen molar-refractivity contribution in [2.24, 2.45) is 0 Å². The third-order valence-corrected chi connectivity index (χ3v) is 7.71.